The predicted molar refractivity (Wildman–Crippen MR) is 153 cm³/mol. The van der Waals surface area contributed by atoms with Crippen LogP contribution < -0.4 is 9.47 Å². The van der Waals surface area contributed by atoms with E-state index < -0.39 is 5.82 Å². The SMILES string of the molecule is COc1cc(F)cc(-c2ccnc3[nH]c(-c4n[nH]c5cnc(-c6cncc(OCCN7CCCC7)c6)cc45)nc23)c1. The molecule has 10 nitrogen and oxygen atoms in total. The summed E-state index contributed by atoms with van der Waals surface area (Å²) in [6.07, 6.45) is 9.42. The van der Waals surface area contributed by atoms with Crippen molar-refractivity contribution in [2.75, 3.05) is 33.4 Å². The normalized spacial score (nSPS) is 13.8. The molecule has 0 saturated carbocycles. The number of nitrogens with zero attached hydrogens (tertiary/aromatic N) is 6. The number of benzene rings is 1. The lowest BCUT2D eigenvalue weighted by Crippen LogP contribution is -2.25. The number of hydrogen-bond acceptors (Lipinski definition) is 8. The van der Waals surface area contributed by atoms with Crippen molar-refractivity contribution in [3.8, 4) is 45.4 Å². The maximum atomic E-state index is 14.3. The van der Waals surface area contributed by atoms with E-state index in [1.165, 1.54) is 32.1 Å². The summed E-state index contributed by atoms with van der Waals surface area (Å²) in [5, 5.41) is 8.40. The average Bonchev–Trinajstić information content (AvgIpc) is 3.76. The maximum Gasteiger partial charge on any atom is 0.160 e. The molecule has 11 heteroatoms. The predicted octanol–water partition coefficient (Wildman–Crippen LogP) is 5.25. The average molecular weight is 551 g/mol. The Balaban J connectivity index is 1.21. The Hall–Kier alpha value is -4.90. The Morgan fingerprint density at radius 1 is 0.976 bits per heavy atom. The molecule has 0 amide bonds. The molecule has 0 radical (unpaired) electrons. The zero-order valence-corrected chi connectivity index (χ0v) is 22.4. The van der Waals surface area contributed by atoms with Gasteiger partial charge in [0.2, 0.25) is 0 Å². The van der Waals surface area contributed by atoms with Gasteiger partial charge in [0.15, 0.2) is 11.5 Å². The lowest BCUT2D eigenvalue weighted by Gasteiger charge is -2.15. The summed E-state index contributed by atoms with van der Waals surface area (Å²) < 4.78 is 25.5. The van der Waals surface area contributed by atoms with Gasteiger partial charge in [-0.15, -0.1) is 0 Å². The summed E-state index contributed by atoms with van der Waals surface area (Å²) in [5.74, 6) is 1.27. The van der Waals surface area contributed by atoms with Gasteiger partial charge in [-0.1, -0.05) is 0 Å². The molecule has 41 heavy (non-hydrogen) atoms. The molecule has 1 fully saturated rings. The Morgan fingerprint density at radius 3 is 2.73 bits per heavy atom. The third-order valence-electron chi connectivity index (χ3n) is 7.36. The summed E-state index contributed by atoms with van der Waals surface area (Å²) in [6.45, 7) is 3.81. The first-order valence-electron chi connectivity index (χ1n) is 13.5. The standard InChI is InChI=1S/C30H27FN8O2/c1-40-21-11-18(10-20(31)13-21)23-4-5-33-29-27(23)35-30(36-29)28-24-14-25(34-17-26(24)37-38-28)19-12-22(16-32-15-19)41-9-8-39-6-2-3-7-39/h4-5,10-17H,2-3,6-9H2,1H3,(H,37,38)(H,33,35,36). The van der Waals surface area contributed by atoms with Crippen LogP contribution in [0.2, 0.25) is 0 Å². The van der Waals surface area contributed by atoms with E-state index in [0.29, 0.717) is 46.4 Å². The van der Waals surface area contributed by atoms with Crippen molar-refractivity contribution < 1.29 is 13.9 Å². The van der Waals surface area contributed by atoms with Crippen LogP contribution in [0.1, 0.15) is 12.8 Å². The Kier molecular flexibility index (Phi) is 6.48. The minimum Gasteiger partial charge on any atom is -0.497 e. The number of likely N-dealkylation sites (tertiary alicyclic amines) is 1. The highest BCUT2D eigenvalue weighted by Gasteiger charge is 2.18. The molecular formula is C30H27FN8O2. The number of imidazole rings is 1. The van der Waals surface area contributed by atoms with Crippen molar-refractivity contribution in [1.82, 2.24) is 40.0 Å². The van der Waals surface area contributed by atoms with E-state index in [1.807, 2.05) is 12.1 Å². The lowest BCUT2D eigenvalue weighted by molar-refractivity contribution is 0.237. The number of fused-ring (bicyclic) bond motifs is 2. The van der Waals surface area contributed by atoms with E-state index in [0.717, 1.165) is 47.4 Å². The van der Waals surface area contributed by atoms with Crippen LogP contribution in [0.25, 0.3) is 56.0 Å². The van der Waals surface area contributed by atoms with Gasteiger partial charge in [-0.3, -0.25) is 20.0 Å². The molecule has 0 aliphatic carbocycles. The molecule has 1 aliphatic heterocycles. The molecule has 1 aromatic carbocycles. The van der Waals surface area contributed by atoms with Crippen LogP contribution in [0.3, 0.4) is 0 Å². The molecule has 7 rings (SSSR count). The highest BCUT2D eigenvalue weighted by atomic mass is 19.1. The monoisotopic (exact) mass is 550 g/mol. The zero-order valence-electron chi connectivity index (χ0n) is 22.4. The fourth-order valence-electron chi connectivity index (χ4n) is 5.28. The zero-order chi connectivity index (χ0) is 27.8. The fraction of sp³-hybridized carbons (Fsp3) is 0.233. The second-order valence-corrected chi connectivity index (χ2v) is 10.0. The fourth-order valence-corrected chi connectivity index (χ4v) is 5.28. The lowest BCUT2D eigenvalue weighted by atomic mass is 10.1. The van der Waals surface area contributed by atoms with Gasteiger partial charge in [0.1, 0.15) is 35.1 Å². The molecule has 1 saturated heterocycles. The largest absolute Gasteiger partial charge is 0.497 e. The third kappa shape index (κ3) is 4.95. The highest BCUT2D eigenvalue weighted by Crippen LogP contribution is 2.33. The van der Waals surface area contributed by atoms with Gasteiger partial charge in [0.05, 0.1) is 30.7 Å². The molecule has 6 heterocycles. The summed E-state index contributed by atoms with van der Waals surface area (Å²) in [6, 6.07) is 10.3. The van der Waals surface area contributed by atoms with E-state index >= 15 is 0 Å². The first-order chi connectivity index (χ1) is 20.1. The number of pyridine rings is 3. The summed E-state index contributed by atoms with van der Waals surface area (Å²) in [4.78, 5) is 24.0. The topological polar surface area (TPSA) is 118 Å². The first-order valence-corrected chi connectivity index (χ1v) is 13.5. The number of methoxy groups -OCH3 is 1. The molecule has 5 aromatic heterocycles. The van der Waals surface area contributed by atoms with E-state index in [9.17, 15) is 4.39 Å². The van der Waals surface area contributed by atoms with Crippen molar-refractivity contribution in [2.45, 2.75) is 12.8 Å². The molecule has 0 bridgehead atoms. The maximum absolute atomic E-state index is 14.3. The molecule has 0 spiro atoms. The van der Waals surface area contributed by atoms with Gasteiger partial charge in [0.25, 0.3) is 0 Å². The Labute approximate surface area is 234 Å². The van der Waals surface area contributed by atoms with Crippen LogP contribution in [0.4, 0.5) is 4.39 Å². The van der Waals surface area contributed by atoms with Crippen LogP contribution in [0.15, 0.2) is 61.2 Å². The van der Waals surface area contributed by atoms with Crippen LogP contribution in [0.5, 0.6) is 11.5 Å². The molecule has 206 valence electrons. The minimum absolute atomic E-state index is 0.394. The molecular weight excluding hydrogens is 523 g/mol. The van der Waals surface area contributed by atoms with Crippen LogP contribution in [-0.2, 0) is 0 Å². The second-order valence-electron chi connectivity index (χ2n) is 10.0. The van der Waals surface area contributed by atoms with Crippen molar-refractivity contribution in [3.05, 3.63) is 67.0 Å². The summed E-state index contributed by atoms with van der Waals surface area (Å²) >= 11 is 0. The van der Waals surface area contributed by atoms with Gasteiger partial charge in [-0.2, -0.15) is 5.10 Å². The molecule has 6 aromatic rings. The molecule has 0 unspecified atom stereocenters. The second kappa shape index (κ2) is 10.6. The van der Waals surface area contributed by atoms with E-state index in [1.54, 1.807) is 36.9 Å². The van der Waals surface area contributed by atoms with Crippen molar-refractivity contribution in [2.24, 2.45) is 0 Å². The number of aromatic amines is 2. The quantitative estimate of drug-likeness (QED) is 0.264. The number of H-pyrrole nitrogens is 2. The first kappa shape index (κ1) is 25.1. The number of hydrogen-bond donors (Lipinski definition) is 2. The Bertz CT molecular complexity index is 1860. The van der Waals surface area contributed by atoms with Crippen LogP contribution >= 0.6 is 0 Å². The number of nitrogens with one attached hydrogen (secondary N) is 2. The number of ether oxygens (including phenoxy) is 2. The molecule has 1 aliphatic rings. The van der Waals surface area contributed by atoms with E-state index in [4.69, 9.17) is 14.5 Å². The number of halogens is 1. The van der Waals surface area contributed by atoms with Crippen LogP contribution in [0, 0.1) is 5.82 Å². The summed E-state index contributed by atoms with van der Waals surface area (Å²) in [7, 11) is 1.51. The molecule has 2 N–H and O–H groups in total. The van der Waals surface area contributed by atoms with Crippen molar-refractivity contribution in [3.63, 3.8) is 0 Å². The number of aromatic nitrogens is 7. The Morgan fingerprint density at radius 2 is 1.85 bits per heavy atom. The van der Waals surface area contributed by atoms with Crippen LogP contribution in [-0.4, -0.2) is 73.4 Å². The van der Waals surface area contributed by atoms with Gasteiger partial charge in [-0.05, 0) is 61.8 Å². The summed E-state index contributed by atoms with van der Waals surface area (Å²) in [5.41, 5.74) is 5.49. The van der Waals surface area contributed by atoms with E-state index in [2.05, 4.69) is 35.0 Å². The van der Waals surface area contributed by atoms with Crippen molar-refractivity contribution in [1.29, 1.82) is 0 Å². The van der Waals surface area contributed by atoms with E-state index in [-0.39, 0.29) is 0 Å². The third-order valence-corrected chi connectivity index (χ3v) is 7.36. The highest BCUT2D eigenvalue weighted by molar-refractivity contribution is 5.96. The number of rotatable bonds is 8. The van der Waals surface area contributed by atoms with Gasteiger partial charge in [0, 0.05) is 41.5 Å². The molecule has 0 atom stereocenters. The van der Waals surface area contributed by atoms with Gasteiger partial charge in [-0.25, -0.2) is 14.4 Å². The van der Waals surface area contributed by atoms with Crippen molar-refractivity contribution >= 4 is 22.1 Å². The smallest absolute Gasteiger partial charge is 0.160 e. The van der Waals surface area contributed by atoms with Gasteiger partial charge >= 0.3 is 0 Å². The minimum atomic E-state index is -0.394. The van der Waals surface area contributed by atoms with Gasteiger partial charge < -0.3 is 14.5 Å².